The third-order valence-corrected chi connectivity index (χ3v) is 5.31. The normalized spacial score (nSPS) is 11.0. The zero-order valence-corrected chi connectivity index (χ0v) is 15.6. The fraction of sp³-hybridized carbons (Fsp3) is 0.250. The van der Waals surface area contributed by atoms with Crippen LogP contribution in [0.5, 0.6) is 0 Å². The molecule has 3 nitrogen and oxygen atoms in total. The highest BCUT2D eigenvalue weighted by Gasteiger charge is 2.12. The van der Waals surface area contributed by atoms with Crippen molar-refractivity contribution in [1.82, 2.24) is 9.88 Å². The first-order valence-corrected chi connectivity index (χ1v) is 8.90. The number of aromatic nitrogens is 1. The summed E-state index contributed by atoms with van der Waals surface area (Å²) in [4.78, 5) is 12.2. The summed E-state index contributed by atoms with van der Waals surface area (Å²) in [6.07, 6.45) is 1.24. The molecule has 1 heterocycles. The van der Waals surface area contributed by atoms with Crippen molar-refractivity contribution in [2.75, 3.05) is 6.54 Å². The van der Waals surface area contributed by atoms with E-state index >= 15 is 0 Å². The van der Waals surface area contributed by atoms with Crippen LogP contribution in [0.4, 0.5) is 0 Å². The average molecular weight is 385 g/mol. The van der Waals surface area contributed by atoms with Gasteiger partial charge in [0.05, 0.1) is 6.42 Å². The van der Waals surface area contributed by atoms with E-state index in [1.807, 2.05) is 24.3 Å². The van der Waals surface area contributed by atoms with Crippen LogP contribution >= 0.6 is 15.9 Å². The fourth-order valence-electron chi connectivity index (χ4n) is 3.12. The molecule has 1 N–H and O–H groups in total. The average Bonchev–Trinajstić information content (AvgIpc) is 2.82. The first kappa shape index (κ1) is 16.8. The summed E-state index contributed by atoms with van der Waals surface area (Å²) in [5.74, 6) is 0.0554. The van der Waals surface area contributed by atoms with Gasteiger partial charge in [0.2, 0.25) is 5.91 Å². The molecule has 124 valence electrons. The Hall–Kier alpha value is -2.07. The molecule has 1 amide bonds. The van der Waals surface area contributed by atoms with Gasteiger partial charge in [0, 0.05) is 34.7 Å². The number of carbonyl (C=O) groups is 1. The summed E-state index contributed by atoms with van der Waals surface area (Å²) in [5.41, 5.74) is 4.83. The molecule has 2 aromatic carbocycles. The minimum atomic E-state index is 0.0554. The minimum Gasteiger partial charge on any atom is -0.355 e. The molecule has 0 aliphatic carbocycles. The zero-order valence-electron chi connectivity index (χ0n) is 14.0. The van der Waals surface area contributed by atoms with Crippen molar-refractivity contribution < 1.29 is 4.79 Å². The summed E-state index contributed by atoms with van der Waals surface area (Å²) in [5, 5.41) is 4.31. The molecule has 0 spiro atoms. The van der Waals surface area contributed by atoms with E-state index in [-0.39, 0.29) is 5.91 Å². The summed E-state index contributed by atoms with van der Waals surface area (Å²) < 4.78 is 3.19. The molecule has 0 atom stereocenters. The predicted molar refractivity (Wildman–Crippen MR) is 102 cm³/mol. The molecule has 0 aliphatic heterocycles. The van der Waals surface area contributed by atoms with Crippen LogP contribution in [0, 0.1) is 6.92 Å². The Kier molecular flexibility index (Phi) is 5.05. The number of para-hydroxylation sites is 1. The molecule has 3 aromatic rings. The number of halogens is 1. The number of amides is 1. The molecule has 0 fully saturated rings. The second-order valence-corrected chi connectivity index (χ2v) is 6.86. The second kappa shape index (κ2) is 7.22. The second-order valence-electron chi connectivity index (χ2n) is 6.01. The van der Waals surface area contributed by atoms with Crippen LogP contribution in [-0.2, 0) is 24.7 Å². The van der Waals surface area contributed by atoms with E-state index in [1.165, 1.54) is 22.2 Å². The predicted octanol–water partition coefficient (Wildman–Crippen LogP) is 4.15. The number of aryl methyl sites for hydroxylation is 1. The Morgan fingerprint density at radius 2 is 1.83 bits per heavy atom. The van der Waals surface area contributed by atoms with Crippen molar-refractivity contribution in [1.29, 1.82) is 0 Å². The Morgan fingerprint density at radius 1 is 1.12 bits per heavy atom. The number of fused-ring (bicyclic) bond motifs is 1. The lowest BCUT2D eigenvalue weighted by atomic mass is 10.1. The smallest absolute Gasteiger partial charge is 0.224 e. The maximum atomic E-state index is 12.2. The third kappa shape index (κ3) is 3.39. The Labute approximate surface area is 150 Å². The van der Waals surface area contributed by atoms with Crippen LogP contribution in [0.15, 0.2) is 53.0 Å². The first-order chi connectivity index (χ1) is 11.6. The largest absolute Gasteiger partial charge is 0.355 e. The van der Waals surface area contributed by atoms with Crippen molar-refractivity contribution in [3.63, 3.8) is 0 Å². The van der Waals surface area contributed by atoms with Gasteiger partial charge in [0.25, 0.3) is 0 Å². The quantitative estimate of drug-likeness (QED) is 0.704. The number of benzene rings is 2. The lowest BCUT2D eigenvalue weighted by Crippen LogP contribution is -2.27. The van der Waals surface area contributed by atoms with Crippen molar-refractivity contribution >= 4 is 32.7 Å². The molecule has 24 heavy (non-hydrogen) atoms. The Balaban J connectivity index is 1.64. The highest BCUT2D eigenvalue weighted by Crippen LogP contribution is 2.24. The molecular weight excluding hydrogens is 364 g/mol. The van der Waals surface area contributed by atoms with E-state index < -0.39 is 0 Å². The molecule has 0 radical (unpaired) electrons. The molecule has 1 aromatic heterocycles. The van der Waals surface area contributed by atoms with Gasteiger partial charge in [-0.2, -0.15) is 0 Å². The van der Waals surface area contributed by atoms with Crippen LogP contribution in [0.1, 0.15) is 16.8 Å². The van der Waals surface area contributed by atoms with Gasteiger partial charge in [-0.1, -0.05) is 52.3 Å². The SMILES string of the molecule is Cc1c(CCNC(=O)Cc2ccccc2Br)c2ccccc2n1C. The van der Waals surface area contributed by atoms with E-state index in [1.54, 1.807) is 0 Å². The monoisotopic (exact) mass is 384 g/mol. The van der Waals surface area contributed by atoms with E-state index in [4.69, 9.17) is 0 Å². The topological polar surface area (TPSA) is 34.0 Å². The van der Waals surface area contributed by atoms with Crippen molar-refractivity contribution in [3.8, 4) is 0 Å². The van der Waals surface area contributed by atoms with Gasteiger partial charge in [-0.3, -0.25) is 4.79 Å². The molecule has 0 unspecified atom stereocenters. The van der Waals surface area contributed by atoms with Crippen molar-refractivity contribution in [3.05, 3.63) is 69.8 Å². The van der Waals surface area contributed by atoms with E-state index in [0.717, 1.165) is 16.5 Å². The van der Waals surface area contributed by atoms with E-state index in [0.29, 0.717) is 13.0 Å². The maximum absolute atomic E-state index is 12.2. The summed E-state index contributed by atoms with van der Waals surface area (Å²) in [6.45, 7) is 2.79. The number of rotatable bonds is 5. The van der Waals surface area contributed by atoms with Crippen LogP contribution < -0.4 is 5.32 Å². The number of hydrogen-bond acceptors (Lipinski definition) is 1. The van der Waals surface area contributed by atoms with Crippen molar-refractivity contribution in [2.24, 2.45) is 7.05 Å². The minimum absolute atomic E-state index is 0.0554. The van der Waals surface area contributed by atoms with Gasteiger partial charge in [-0.15, -0.1) is 0 Å². The lowest BCUT2D eigenvalue weighted by molar-refractivity contribution is -0.120. The molecular formula is C20H21BrN2O. The highest BCUT2D eigenvalue weighted by molar-refractivity contribution is 9.10. The standard InChI is InChI=1S/C20H21BrN2O/c1-14-16(17-8-4-6-10-19(17)23(14)2)11-12-22-20(24)13-15-7-3-5-9-18(15)21/h3-10H,11-13H2,1-2H3,(H,22,24). The molecule has 0 saturated heterocycles. The molecule has 0 saturated carbocycles. The van der Waals surface area contributed by atoms with Gasteiger partial charge in [0.15, 0.2) is 0 Å². The number of hydrogen-bond donors (Lipinski definition) is 1. The molecule has 0 bridgehead atoms. The van der Waals surface area contributed by atoms with Crippen LogP contribution in [0.3, 0.4) is 0 Å². The summed E-state index contributed by atoms with van der Waals surface area (Å²) in [6, 6.07) is 16.3. The third-order valence-electron chi connectivity index (χ3n) is 4.54. The number of nitrogens with zero attached hydrogens (tertiary/aromatic N) is 1. The van der Waals surface area contributed by atoms with Crippen molar-refractivity contribution in [2.45, 2.75) is 19.8 Å². The highest BCUT2D eigenvalue weighted by atomic mass is 79.9. The molecule has 3 rings (SSSR count). The van der Waals surface area contributed by atoms with Crippen LogP contribution in [0.25, 0.3) is 10.9 Å². The Bertz CT molecular complexity index is 882. The molecule has 4 heteroatoms. The van der Waals surface area contributed by atoms with Crippen LogP contribution in [0.2, 0.25) is 0 Å². The molecule has 0 aliphatic rings. The first-order valence-electron chi connectivity index (χ1n) is 8.11. The summed E-state index contributed by atoms with van der Waals surface area (Å²) >= 11 is 3.49. The van der Waals surface area contributed by atoms with Gasteiger partial charge in [-0.25, -0.2) is 0 Å². The van der Waals surface area contributed by atoms with Crippen LogP contribution in [-0.4, -0.2) is 17.0 Å². The number of nitrogens with one attached hydrogen (secondary N) is 1. The fourth-order valence-corrected chi connectivity index (χ4v) is 3.54. The van der Waals surface area contributed by atoms with Gasteiger partial charge in [0.1, 0.15) is 0 Å². The van der Waals surface area contributed by atoms with Gasteiger partial charge in [-0.05, 0) is 36.6 Å². The van der Waals surface area contributed by atoms with Gasteiger partial charge >= 0.3 is 0 Å². The number of carbonyl (C=O) groups excluding carboxylic acids is 1. The van der Waals surface area contributed by atoms with Gasteiger partial charge < -0.3 is 9.88 Å². The lowest BCUT2D eigenvalue weighted by Gasteiger charge is -2.07. The maximum Gasteiger partial charge on any atom is 0.224 e. The Morgan fingerprint density at radius 3 is 2.62 bits per heavy atom. The van der Waals surface area contributed by atoms with E-state index in [2.05, 4.69) is 64.1 Å². The summed E-state index contributed by atoms with van der Waals surface area (Å²) in [7, 11) is 2.09. The zero-order chi connectivity index (χ0) is 17.1. The van der Waals surface area contributed by atoms with E-state index in [9.17, 15) is 4.79 Å².